The Kier molecular flexibility index (Phi) is 61.2. The van der Waals surface area contributed by atoms with Gasteiger partial charge in [0.05, 0.1) is 0 Å². The van der Waals surface area contributed by atoms with Crippen LogP contribution in [0.2, 0.25) is 0 Å². The highest BCUT2D eigenvalue weighted by atomic mass is 16.6. The number of carbonyl (C=O) groups is 3. The maximum atomic E-state index is 12.9. The van der Waals surface area contributed by atoms with E-state index in [0.29, 0.717) is 19.3 Å². The molecule has 0 aliphatic rings. The smallest absolute Gasteiger partial charge is 0.306 e. The van der Waals surface area contributed by atoms with Gasteiger partial charge in [-0.25, -0.2) is 0 Å². The third-order valence-corrected chi connectivity index (χ3v) is 14.1. The lowest BCUT2D eigenvalue weighted by Crippen LogP contribution is -2.30. The van der Waals surface area contributed by atoms with Crippen molar-refractivity contribution < 1.29 is 28.6 Å². The predicted molar refractivity (Wildman–Crippen MR) is 330 cm³/mol. The van der Waals surface area contributed by atoms with E-state index in [1.54, 1.807) is 0 Å². The van der Waals surface area contributed by atoms with Gasteiger partial charge in [0.1, 0.15) is 13.2 Å². The van der Waals surface area contributed by atoms with E-state index in [9.17, 15) is 14.4 Å². The van der Waals surface area contributed by atoms with Crippen LogP contribution < -0.4 is 0 Å². The van der Waals surface area contributed by atoms with Gasteiger partial charge in [-0.2, -0.15) is 0 Å². The second-order valence-corrected chi connectivity index (χ2v) is 21.6. The summed E-state index contributed by atoms with van der Waals surface area (Å²) in [6, 6.07) is 0. The third kappa shape index (κ3) is 61.4. The Morgan fingerprint density at radius 3 is 0.803 bits per heavy atom. The average Bonchev–Trinajstić information content (AvgIpc) is 3.42. The molecule has 1 unspecified atom stereocenters. The van der Waals surface area contributed by atoms with E-state index >= 15 is 0 Å². The molecule has 0 fully saturated rings. The summed E-state index contributed by atoms with van der Waals surface area (Å²) in [5.74, 6) is -0.875. The van der Waals surface area contributed by atoms with Crippen LogP contribution in [0.1, 0.15) is 323 Å². The Balaban J connectivity index is 4.16. The van der Waals surface area contributed by atoms with Gasteiger partial charge in [0.2, 0.25) is 0 Å². The molecule has 438 valence electrons. The Morgan fingerprint density at radius 2 is 0.513 bits per heavy atom. The van der Waals surface area contributed by atoms with E-state index in [2.05, 4.69) is 106 Å². The van der Waals surface area contributed by atoms with Crippen molar-refractivity contribution in [2.24, 2.45) is 0 Å². The fourth-order valence-corrected chi connectivity index (χ4v) is 9.27. The Hall–Kier alpha value is -3.41. The minimum absolute atomic E-state index is 0.0762. The maximum Gasteiger partial charge on any atom is 0.306 e. The minimum Gasteiger partial charge on any atom is -0.462 e. The number of esters is 3. The van der Waals surface area contributed by atoms with Crippen molar-refractivity contribution in [3.63, 3.8) is 0 Å². The molecule has 0 bridgehead atoms. The predicted octanol–water partition coefficient (Wildman–Crippen LogP) is 22.3. The molecule has 6 nitrogen and oxygen atoms in total. The van der Waals surface area contributed by atoms with E-state index < -0.39 is 6.10 Å². The highest BCUT2D eigenvalue weighted by Gasteiger charge is 2.19. The number of carbonyl (C=O) groups excluding carboxylic acids is 3. The molecule has 0 aromatic rings. The van der Waals surface area contributed by atoms with Crippen LogP contribution in [0.3, 0.4) is 0 Å². The summed E-state index contributed by atoms with van der Waals surface area (Å²) in [5.41, 5.74) is 0. The number of unbranched alkanes of at least 4 members (excludes halogenated alkanes) is 34. The fraction of sp³-hybridized carbons (Fsp3) is 0.757. The summed E-state index contributed by atoms with van der Waals surface area (Å²) < 4.78 is 16.9. The number of hydrogen-bond acceptors (Lipinski definition) is 6. The average molecular weight is 1060 g/mol. The van der Waals surface area contributed by atoms with Crippen LogP contribution in [0.25, 0.3) is 0 Å². The van der Waals surface area contributed by atoms with Gasteiger partial charge in [-0.3, -0.25) is 14.4 Å². The van der Waals surface area contributed by atoms with Crippen LogP contribution in [0, 0.1) is 0 Å². The molecular formula is C70H122O6. The van der Waals surface area contributed by atoms with Crippen molar-refractivity contribution in [1.82, 2.24) is 0 Å². The van der Waals surface area contributed by atoms with Crippen molar-refractivity contribution >= 4 is 17.9 Å². The molecule has 0 radical (unpaired) electrons. The van der Waals surface area contributed by atoms with Gasteiger partial charge in [0.25, 0.3) is 0 Å². The largest absolute Gasteiger partial charge is 0.462 e. The van der Waals surface area contributed by atoms with Gasteiger partial charge in [0, 0.05) is 19.3 Å². The molecule has 76 heavy (non-hydrogen) atoms. The van der Waals surface area contributed by atoms with Gasteiger partial charge < -0.3 is 14.2 Å². The van der Waals surface area contributed by atoms with Gasteiger partial charge in [-0.15, -0.1) is 0 Å². The number of rotatable bonds is 59. The van der Waals surface area contributed by atoms with Gasteiger partial charge in [-0.1, -0.05) is 292 Å². The molecule has 0 spiro atoms. The highest BCUT2D eigenvalue weighted by molar-refractivity contribution is 5.71. The maximum absolute atomic E-state index is 12.9. The standard InChI is InChI=1S/C70H122O6/c1-4-7-10-13-16-19-21-23-25-27-29-31-33-34-35-36-38-39-41-43-45-47-49-51-54-57-60-63-69(72)75-66-67(65-74-68(71)62-59-56-53-18-15-12-9-6-3)76-70(73)64-61-58-55-52-50-48-46-44-42-40-37-32-30-28-26-24-22-20-17-14-11-8-5-2/h8,11,17,20-21,23-24,26-27,29-30,32-34,67H,4-7,9-10,12-16,18-19,22,25,28,31,35-66H2,1-3H3/b11-8-,20-17-,23-21-,26-24-,29-27-,32-30-,34-33-. The lowest BCUT2D eigenvalue weighted by Gasteiger charge is -2.18. The minimum atomic E-state index is -0.778. The normalized spacial score (nSPS) is 12.6. The van der Waals surface area contributed by atoms with Crippen molar-refractivity contribution in [2.45, 2.75) is 329 Å². The van der Waals surface area contributed by atoms with E-state index in [1.807, 2.05) is 0 Å². The van der Waals surface area contributed by atoms with Crippen LogP contribution in [-0.4, -0.2) is 37.2 Å². The Bertz CT molecular complexity index is 1450. The van der Waals surface area contributed by atoms with Crippen LogP contribution in [0.4, 0.5) is 0 Å². The molecule has 0 aliphatic carbocycles. The monoisotopic (exact) mass is 1060 g/mol. The Morgan fingerprint density at radius 1 is 0.276 bits per heavy atom. The quantitative estimate of drug-likeness (QED) is 0.0261. The van der Waals surface area contributed by atoms with Gasteiger partial charge in [0.15, 0.2) is 6.10 Å². The first-order valence-corrected chi connectivity index (χ1v) is 32.6. The van der Waals surface area contributed by atoms with Crippen LogP contribution >= 0.6 is 0 Å². The zero-order chi connectivity index (χ0) is 55.0. The van der Waals surface area contributed by atoms with E-state index in [-0.39, 0.29) is 31.1 Å². The van der Waals surface area contributed by atoms with Crippen LogP contribution in [0.5, 0.6) is 0 Å². The first-order valence-electron chi connectivity index (χ1n) is 32.6. The molecule has 0 aromatic carbocycles. The SMILES string of the molecule is CC/C=C\C/C=C\C/C=C\C/C=C\CCCCCCCCCCCCC(=O)OC(COC(=O)CCCCCCCCCC)COC(=O)CCCCCCCCCCCCCC/C=C\C/C=C\C/C=C\CCCCCCC. The summed E-state index contributed by atoms with van der Waals surface area (Å²) in [7, 11) is 0. The summed E-state index contributed by atoms with van der Waals surface area (Å²) in [6.07, 6.45) is 84.7. The van der Waals surface area contributed by atoms with E-state index in [1.165, 1.54) is 186 Å². The molecule has 0 aliphatic heterocycles. The Labute approximate surface area is 471 Å². The molecule has 0 rings (SSSR count). The molecule has 0 aromatic heterocycles. The van der Waals surface area contributed by atoms with E-state index in [0.717, 1.165) is 96.3 Å². The molecule has 0 saturated heterocycles. The van der Waals surface area contributed by atoms with Crippen molar-refractivity contribution in [3.05, 3.63) is 85.1 Å². The van der Waals surface area contributed by atoms with Crippen LogP contribution in [-0.2, 0) is 28.6 Å². The second kappa shape index (κ2) is 64.1. The number of hydrogen-bond donors (Lipinski definition) is 0. The molecule has 0 N–H and O–H groups in total. The highest BCUT2D eigenvalue weighted by Crippen LogP contribution is 2.17. The molecule has 6 heteroatoms. The summed E-state index contributed by atoms with van der Waals surface area (Å²) >= 11 is 0. The number of ether oxygens (including phenoxy) is 3. The zero-order valence-electron chi connectivity index (χ0n) is 50.3. The van der Waals surface area contributed by atoms with Gasteiger partial charge in [-0.05, 0) is 96.3 Å². The third-order valence-electron chi connectivity index (χ3n) is 14.1. The molecule has 1 atom stereocenters. The molecule has 0 heterocycles. The van der Waals surface area contributed by atoms with Gasteiger partial charge >= 0.3 is 17.9 Å². The summed E-state index contributed by atoms with van der Waals surface area (Å²) in [5, 5.41) is 0. The van der Waals surface area contributed by atoms with Crippen LogP contribution in [0.15, 0.2) is 85.1 Å². The molecule has 0 amide bonds. The zero-order valence-corrected chi connectivity index (χ0v) is 50.3. The summed E-state index contributed by atoms with van der Waals surface area (Å²) in [4.78, 5) is 38.2. The topological polar surface area (TPSA) is 78.9 Å². The first kappa shape index (κ1) is 72.6. The van der Waals surface area contributed by atoms with E-state index in [4.69, 9.17) is 14.2 Å². The lowest BCUT2D eigenvalue weighted by atomic mass is 10.0. The molecule has 0 saturated carbocycles. The fourth-order valence-electron chi connectivity index (χ4n) is 9.27. The number of allylic oxidation sites excluding steroid dienone is 14. The summed E-state index contributed by atoms with van der Waals surface area (Å²) in [6.45, 7) is 6.51. The van der Waals surface area contributed by atoms with Crippen molar-refractivity contribution in [1.29, 1.82) is 0 Å². The van der Waals surface area contributed by atoms with Crippen molar-refractivity contribution in [2.75, 3.05) is 13.2 Å². The van der Waals surface area contributed by atoms with Crippen molar-refractivity contribution in [3.8, 4) is 0 Å². The lowest BCUT2D eigenvalue weighted by molar-refractivity contribution is -0.167. The first-order chi connectivity index (χ1) is 37.5. The second-order valence-electron chi connectivity index (χ2n) is 21.6. The molecular weight excluding hydrogens is 937 g/mol.